The van der Waals surface area contributed by atoms with Gasteiger partial charge in [0.25, 0.3) is 5.69 Å². The van der Waals surface area contributed by atoms with E-state index in [0.29, 0.717) is 12.1 Å². The second-order valence-electron chi connectivity index (χ2n) is 3.33. The number of hydrogen-bond donors (Lipinski definition) is 2. The minimum Gasteiger partial charge on any atom is -0.385 e. The Balaban J connectivity index is 2.69. The van der Waals surface area contributed by atoms with Gasteiger partial charge in [-0.15, -0.1) is 0 Å². The Morgan fingerprint density at radius 3 is 2.80 bits per heavy atom. The zero-order chi connectivity index (χ0) is 11.3. The fourth-order valence-electron chi connectivity index (χ4n) is 1.31. The fourth-order valence-corrected chi connectivity index (χ4v) is 1.31. The molecule has 0 heterocycles. The Bertz CT molecular complexity index is 353. The van der Waals surface area contributed by atoms with Crippen LogP contribution in [0.2, 0.25) is 0 Å². The van der Waals surface area contributed by atoms with Crippen LogP contribution in [0.25, 0.3) is 0 Å². The molecule has 0 aliphatic heterocycles. The predicted molar refractivity (Wildman–Crippen MR) is 60.0 cm³/mol. The minimum atomic E-state index is -0.376. The molecular formula is C10H15N3O2. The molecule has 0 aromatic heterocycles. The van der Waals surface area contributed by atoms with E-state index in [1.807, 2.05) is 0 Å². The van der Waals surface area contributed by atoms with Crippen LogP contribution >= 0.6 is 0 Å². The molecule has 0 atom stereocenters. The van der Waals surface area contributed by atoms with Crippen LogP contribution in [0.4, 0.5) is 11.4 Å². The van der Waals surface area contributed by atoms with E-state index in [1.165, 1.54) is 6.07 Å². The lowest BCUT2D eigenvalue weighted by Crippen LogP contribution is -2.08. The maximum Gasteiger partial charge on any atom is 0.272 e. The SMILES string of the molecule is Cc1cc(NCCCN)ccc1[N+](=O)[O-]. The van der Waals surface area contributed by atoms with Gasteiger partial charge in [-0.05, 0) is 32.0 Å². The van der Waals surface area contributed by atoms with E-state index in [9.17, 15) is 10.1 Å². The maximum absolute atomic E-state index is 10.6. The van der Waals surface area contributed by atoms with Crippen molar-refractivity contribution in [2.45, 2.75) is 13.3 Å². The van der Waals surface area contributed by atoms with Crippen molar-refractivity contribution in [1.82, 2.24) is 0 Å². The van der Waals surface area contributed by atoms with Crippen LogP contribution in [0.1, 0.15) is 12.0 Å². The Labute approximate surface area is 88.4 Å². The Morgan fingerprint density at radius 2 is 2.27 bits per heavy atom. The summed E-state index contributed by atoms with van der Waals surface area (Å²) >= 11 is 0. The van der Waals surface area contributed by atoms with E-state index >= 15 is 0 Å². The zero-order valence-corrected chi connectivity index (χ0v) is 8.69. The molecule has 0 bridgehead atoms. The van der Waals surface area contributed by atoms with E-state index in [0.717, 1.165) is 18.7 Å². The summed E-state index contributed by atoms with van der Waals surface area (Å²) in [6.45, 7) is 3.15. The largest absolute Gasteiger partial charge is 0.385 e. The molecule has 1 aromatic rings. The third-order valence-electron chi connectivity index (χ3n) is 2.10. The van der Waals surface area contributed by atoms with Crippen LogP contribution in [-0.4, -0.2) is 18.0 Å². The van der Waals surface area contributed by atoms with Crippen molar-refractivity contribution in [2.24, 2.45) is 5.73 Å². The van der Waals surface area contributed by atoms with Crippen molar-refractivity contribution in [1.29, 1.82) is 0 Å². The predicted octanol–water partition coefficient (Wildman–Crippen LogP) is 1.66. The van der Waals surface area contributed by atoms with Crippen LogP contribution in [-0.2, 0) is 0 Å². The average molecular weight is 209 g/mol. The molecule has 0 saturated heterocycles. The smallest absolute Gasteiger partial charge is 0.272 e. The van der Waals surface area contributed by atoms with Gasteiger partial charge in [0.2, 0.25) is 0 Å². The highest BCUT2D eigenvalue weighted by atomic mass is 16.6. The van der Waals surface area contributed by atoms with Gasteiger partial charge < -0.3 is 11.1 Å². The number of nitro groups is 1. The second kappa shape index (κ2) is 5.31. The molecule has 0 saturated carbocycles. The number of aryl methyl sites for hydroxylation is 1. The quantitative estimate of drug-likeness (QED) is 0.439. The monoisotopic (exact) mass is 209 g/mol. The highest BCUT2D eigenvalue weighted by Gasteiger charge is 2.09. The number of nitrogens with zero attached hydrogens (tertiary/aromatic N) is 1. The molecule has 15 heavy (non-hydrogen) atoms. The number of benzene rings is 1. The highest BCUT2D eigenvalue weighted by molar-refractivity contribution is 5.53. The molecular weight excluding hydrogens is 194 g/mol. The lowest BCUT2D eigenvalue weighted by Gasteiger charge is -2.06. The third kappa shape index (κ3) is 3.21. The molecule has 0 radical (unpaired) electrons. The van der Waals surface area contributed by atoms with E-state index in [-0.39, 0.29) is 10.6 Å². The summed E-state index contributed by atoms with van der Waals surface area (Å²) in [5.74, 6) is 0. The number of rotatable bonds is 5. The van der Waals surface area contributed by atoms with Gasteiger partial charge in [-0.2, -0.15) is 0 Å². The lowest BCUT2D eigenvalue weighted by atomic mass is 10.2. The van der Waals surface area contributed by atoms with Gasteiger partial charge in [-0.3, -0.25) is 10.1 Å². The summed E-state index contributed by atoms with van der Waals surface area (Å²) in [6, 6.07) is 5.00. The van der Waals surface area contributed by atoms with Gasteiger partial charge in [0.15, 0.2) is 0 Å². The molecule has 82 valence electrons. The molecule has 0 aliphatic rings. The molecule has 0 unspecified atom stereocenters. The van der Waals surface area contributed by atoms with Gasteiger partial charge in [-0.25, -0.2) is 0 Å². The summed E-state index contributed by atoms with van der Waals surface area (Å²) < 4.78 is 0. The van der Waals surface area contributed by atoms with Crippen LogP contribution in [0, 0.1) is 17.0 Å². The minimum absolute atomic E-state index is 0.152. The molecule has 1 aromatic carbocycles. The van der Waals surface area contributed by atoms with E-state index in [2.05, 4.69) is 5.32 Å². The summed E-state index contributed by atoms with van der Waals surface area (Å²) in [7, 11) is 0. The Morgan fingerprint density at radius 1 is 1.53 bits per heavy atom. The van der Waals surface area contributed by atoms with E-state index in [4.69, 9.17) is 5.73 Å². The average Bonchev–Trinajstić information content (AvgIpc) is 2.17. The standard InChI is InChI=1S/C10H15N3O2/c1-8-7-9(12-6-2-5-11)3-4-10(8)13(14)15/h3-4,7,12H,2,5-6,11H2,1H3. The first kappa shape index (κ1) is 11.5. The van der Waals surface area contributed by atoms with Crippen LogP contribution in [0.15, 0.2) is 18.2 Å². The number of nitrogens with one attached hydrogen (secondary N) is 1. The first-order valence-electron chi connectivity index (χ1n) is 4.84. The normalized spacial score (nSPS) is 10.0. The summed E-state index contributed by atoms with van der Waals surface area (Å²) in [5.41, 5.74) is 7.07. The van der Waals surface area contributed by atoms with Gasteiger partial charge in [0.05, 0.1) is 4.92 Å². The van der Waals surface area contributed by atoms with Gasteiger partial charge in [0, 0.05) is 23.9 Å². The van der Waals surface area contributed by atoms with Crippen molar-refractivity contribution in [3.63, 3.8) is 0 Å². The summed E-state index contributed by atoms with van der Waals surface area (Å²) in [5, 5.41) is 13.7. The summed E-state index contributed by atoms with van der Waals surface area (Å²) in [6.07, 6.45) is 0.885. The van der Waals surface area contributed by atoms with Crippen LogP contribution in [0.3, 0.4) is 0 Å². The fraction of sp³-hybridized carbons (Fsp3) is 0.400. The van der Waals surface area contributed by atoms with Crippen LogP contribution in [0.5, 0.6) is 0 Å². The highest BCUT2D eigenvalue weighted by Crippen LogP contribution is 2.21. The van der Waals surface area contributed by atoms with Gasteiger partial charge in [0.1, 0.15) is 0 Å². The third-order valence-corrected chi connectivity index (χ3v) is 2.10. The number of nitro benzene ring substituents is 1. The number of anilines is 1. The molecule has 0 aliphatic carbocycles. The van der Waals surface area contributed by atoms with Gasteiger partial charge in [-0.1, -0.05) is 0 Å². The molecule has 0 fully saturated rings. The van der Waals surface area contributed by atoms with Gasteiger partial charge >= 0.3 is 0 Å². The zero-order valence-electron chi connectivity index (χ0n) is 8.69. The lowest BCUT2D eigenvalue weighted by molar-refractivity contribution is -0.385. The van der Waals surface area contributed by atoms with Crippen molar-refractivity contribution in [3.05, 3.63) is 33.9 Å². The Kier molecular flexibility index (Phi) is 4.05. The molecule has 3 N–H and O–H groups in total. The molecule has 5 nitrogen and oxygen atoms in total. The van der Waals surface area contributed by atoms with Crippen molar-refractivity contribution >= 4 is 11.4 Å². The van der Waals surface area contributed by atoms with Crippen molar-refractivity contribution in [2.75, 3.05) is 18.4 Å². The first-order chi connectivity index (χ1) is 7.15. The molecule has 5 heteroatoms. The van der Waals surface area contributed by atoms with E-state index < -0.39 is 0 Å². The maximum atomic E-state index is 10.6. The van der Waals surface area contributed by atoms with Crippen molar-refractivity contribution in [3.8, 4) is 0 Å². The number of hydrogen-bond acceptors (Lipinski definition) is 4. The molecule has 1 rings (SSSR count). The Hall–Kier alpha value is -1.62. The number of nitrogens with two attached hydrogens (primary N) is 1. The topological polar surface area (TPSA) is 81.2 Å². The van der Waals surface area contributed by atoms with Crippen LogP contribution < -0.4 is 11.1 Å². The molecule has 0 amide bonds. The first-order valence-corrected chi connectivity index (χ1v) is 4.84. The summed E-state index contributed by atoms with van der Waals surface area (Å²) in [4.78, 5) is 10.2. The molecule has 0 spiro atoms. The van der Waals surface area contributed by atoms with E-state index in [1.54, 1.807) is 19.1 Å². The van der Waals surface area contributed by atoms with Crippen molar-refractivity contribution < 1.29 is 4.92 Å². The second-order valence-corrected chi connectivity index (χ2v) is 3.33.